The number of hydrogen-bond acceptors (Lipinski definition) is 4. The molecule has 0 saturated heterocycles. The van der Waals surface area contributed by atoms with Gasteiger partial charge in [-0.25, -0.2) is 13.2 Å². The van der Waals surface area contributed by atoms with Crippen LogP contribution in [-0.2, 0) is 0 Å². The summed E-state index contributed by atoms with van der Waals surface area (Å²) in [6.07, 6.45) is 0. The van der Waals surface area contributed by atoms with Gasteiger partial charge in [0.2, 0.25) is 0 Å². The van der Waals surface area contributed by atoms with Gasteiger partial charge in [0.15, 0.2) is 11.6 Å². The van der Waals surface area contributed by atoms with Crippen LogP contribution >= 0.6 is 0 Å². The highest BCUT2D eigenvalue weighted by Gasteiger charge is 2.22. The third-order valence-corrected chi connectivity index (χ3v) is 2.47. The molecular formula is C11H7F3N2O3. The Kier molecular flexibility index (Phi) is 3.26. The van der Waals surface area contributed by atoms with Gasteiger partial charge in [-0.05, 0) is 12.1 Å². The number of hydrogen-bond donors (Lipinski definition) is 1. The van der Waals surface area contributed by atoms with Crippen molar-refractivity contribution in [2.75, 3.05) is 0 Å². The number of benzene rings is 1. The lowest BCUT2D eigenvalue weighted by molar-refractivity contribution is -0.402. The molecule has 8 heteroatoms. The molecule has 0 fully saturated rings. The van der Waals surface area contributed by atoms with Crippen LogP contribution < -0.4 is 5.73 Å². The molecule has 1 atom stereocenters. The van der Waals surface area contributed by atoms with Gasteiger partial charge < -0.3 is 10.2 Å². The number of rotatable bonds is 3. The lowest BCUT2D eigenvalue weighted by Gasteiger charge is -2.10. The second-order valence-corrected chi connectivity index (χ2v) is 3.70. The lowest BCUT2D eigenvalue weighted by atomic mass is 10.0. The number of furan rings is 1. The van der Waals surface area contributed by atoms with E-state index in [-0.39, 0.29) is 11.3 Å². The molecule has 19 heavy (non-hydrogen) atoms. The van der Waals surface area contributed by atoms with Crippen LogP contribution in [0.1, 0.15) is 17.4 Å². The van der Waals surface area contributed by atoms with Crippen molar-refractivity contribution in [3.8, 4) is 0 Å². The van der Waals surface area contributed by atoms with E-state index in [2.05, 4.69) is 0 Å². The van der Waals surface area contributed by atoms with Gasteiger partial charge in [-0.15, -0.1) is 0 Å². The third kappa shape index (κ3) is 2.43. The minimum Gasteiger partial charge on any atom is -0.404 e. The van der Waals surface area contributed by atoms with Gasteiger partial charge in [0.25, 0.3) is 0 Å². The minimum atomic E-state index is -1.35. The molecule has 0 amide bonds. The molecule has 0 aliphatic heterocycles. The normalized spacial score (nSPS) is 12.4. The summed E-state index contributed by atoms with van der Waals surface area (Å²) >= 11 is 0. The van der Waals surface area contributed by atoms with Gasteiger partial charge in [0, 0.05) is 11.6 Å². The Morgan fingerprint density at radius 2 is 1.79 bits per heavy atom. The molecule has 0 spiro atoms. The highest BCUT2D eigenvalue weighted by Crippen LogP contribution is 2.27. The summed E-state index contributed by atoms with van der Waals surface area (Å²) in [7, 11) is 0. The van der Waals surface area contributed by atoms with Crippen LogP contribution in [0.2, 0.25) is 0 Å². The number of nitrogens with two attached hydrogens (primary N) is 1. The molecule has 0 aliphatic rings. The van der Waals surface area contributed by atoms with Crippen LogP contribution in [0.5, 0.6) is 0 Å². The Morgan fingerprint density at radius 1 is 1.16 bits per heavy atom. The van der Waals surface area contributed by atoms with E-state index in [1.54, 1.807) is 0 Å². The summed E-state index contributed by atoms with van der Waals surface area (Å²) in [5.41, 5.74) is 5.25. The summed E-state index contributed by atoms with van der Waals surface area (Å²) in [6.45, 7) is 0. The molecule has 0 saturated carbocycles. The van der Waals surface area contributed by atoms with Crippen LogP contribution in [0.3, 0.4) is 0 Å². The zero-order valence-electron chi connectivity index (χ0n) is 9.27. The van der Waals surface area contributed by atoms with Gasteiger partial charge in [-0.3, -0.25) is 10.1 Å². The fraction of sp³-hybridized carbons (Fsp3) is 0.0909. The molecule has 1 aromatic heterocycles. The maximum atomic E-state index is 13.5. The van der Waals surface area contributed by atoms with E-state index in [1.165, 1.54) is 6.07 Å². The maximum Gasteiger partial charge on any atom is 0.433 e. The summed E-state index contributed by atoms with van der Waals surface area (Å²) in [5, 5.41) is 10.4. The van der Waals surface area contributed by atoms with Crippen molar-refractivity contribution in [2.24, 2.45) is 5.73 Å². The fourth-order valence-electron chi connectivity index (χ4n) is 1.54. The van der Waals surface area contributed by atoms with Gasteiger partial charge in [-0.1, -0.05) is 0 Å². The van der Waals surface area contributed by atoms with E-state index >= 15 is 0 Å². The first-order valence-corrected chi connectivity index (χ1v) is 5.04. The Balaban J connectivity index is 2.40. The smallest absolute Gasteiger partial charge is 0.404 e. The van der Waals surface area contributed by atoms with Crippen molar-refractivity contribution in [3.63, 3.8) is 0 Å². The molecule has 2 aromatic rings. The number of nitrogens with zero attached hydrogens (tertiary/aromatic N) is 1. The molecule has 1 aromatic carbocycles. The van der Waals surface area contributed by atoms with Gasteiger partial charge in [-0.2, -0.15) is 0 Å². The van der Waals surface area contributed by atoms with Crippen molar-refractivity contribution in [1.29, 1.82) is 0 Å². The maximum absolute atomic E-state index is 13.5. The lowest BCUT2D eigenvalue weighted by Crippen LogP contribution is -2.13. The predicted molar refractivity (Wildman–Crippen MR) is 57.7 cm³/mol. The first-order valence-electron chi connectivity index (χ1n) is 5.04. The molecule has 100 valence electrons. The van der Waals surface area contributed by atoms with E-state index in [9.17, 15) is 23.3 Å². The largest absolute Gasteiger partial charge is 0.433 e. The topological polar surface area (TPSA) is 82.3 Å². The van der Waals surface area contributed by atoms with E-state index in [1.807, 2.05) is 0 Å². The van der Waals surface area contributed by atoms with Crippen molar-refractivity contribution in [1.82, 2.24) is 0 Å². The first-order chi connectivity index (χ1) is 8.90. The van der Waals surface area contributed by atoms with Crippen molar-refractivity contribution in [3.05, 3.63) is 63.2 Å². The number of nitro groups is 1. The first kappa shape index (κ1) is 13.1. The molecule has 0 radical (unpaired) electrons. The Morgan fingerprint density at radius 3 is 2.37 bits per heavy atom. The molecule has 0 bridgehead atoms. The SMILES string of the molecule is NC(c1ccc([N+](=O)[O-])o1)c1cc(F)c(F)cc1F. The Hall–Kier alpha value is -2.35. The quantitative estimate of drug-likeness (QED) is 0.529. The van der Waals surface area contributed by atoms with Crippen LogP contribution in [0.15, 0.2) is 28.7 Å². The van der Waals surface area contributed by atoms with E-state index in [0.29, 0.717) is 12.1 Å². The molecule has 2 N–H and O–H groups in total. The third-order valence-electron chi connectivity index (χ3n) is 2.47. The number of halogens is 3. The summed E-state index contributed by atoms with van der Waals surface area (Å²) in [6, 6.07) is 1.87. The molecule has 5 nitrogen and oxygen atoms in total. The van der Waals surface area contributed by atoms with Crippen LogP contribution in [0, 0.1) is 27.6 Å². The second-order valence-electron chi connectivity index (χ2n) is 3.70. The van der Waals surface area contributed by atoms with Gasteiger partial charge >= 0.3 is 5.88 Å². The molecule has 0 aliphatic carbocycles. The molecule has 2 rings (SSSR count). The average Bonchev–Trinajstić information content (AvgIpc) is 2.82. The van der Waals surface area contributed by atoms with E-state index in [0.717, 1.165) is 6.07 Å². The van der Waals surface area contributed by atoms with Gasteiger partial charge in [0.05, 0.1) is 12.1 Å². The van der Waals surface area contributed by atoms with E-state index < -0.39 is 34.3 Å². The summed E-state index contributed by atoms with van der Waals surface area (Å²) in [5.74, 6) is -4.39. The summed E-state index contributed by atoms with van der Waals surface area (Å²) in [4.78, 5) is 9.63. The van der Waals surface area contributed by atoms with Gasteiger partial charge in [0.1, 0.15) is 16.5 Å². The highest BCUT2D eigenvalue weighted by atomic mass is 19.2. The predicted octanol–water partition coefficient (Wildman–Crippen LogP) is 2.65. The summed E-state index contributed by atoms with van der Waals surface area (Å²) < 4.78 is 44.0. The Bertz CT molecular complexity index is 642. The van der Waals surface area contributed by atoms with Crippen LogP contribution in [0.25, 0.3) is 0 Å². The highest BCUT2D eigenvalue weighted by molar-refractivity contribution is 5.31. The zero-order chi connectivity index (χ0) is 14.2. The molecular weight excluding hydrogens is 265 g/mol. The van der Waals surface area contributed by atoms with Crippen molar-refractivity contribution < 1.29 is 22.5 Å². The van der Waals surface area contributed by atoms with E-state index in [4.69, 9.17) is 10.2 Å². The Labute approximate surface area is 104 Å². The monoisotopic (exact) mass is 272 g/mol. The minimum absolute atomic E-state index is 0.128. The fourth-order valence-corrected chi connectivity index (χ4v) is 1.54. The van der Waals surface area contributed by atoms with Crippen LogP contribution in [-0.4, -0.2) is 4.92 Å². The van der Waals surface area contributed by atoms with Crippen molar-refractivity contribution in [2.45, 2.75) is 6.04 Å². The second kappa shape index (κ2) is 4.73. The van der Waals surface area contributed by atoms with Crippen LogP contribution in [0.4, 0.5) is 19.1 Å². The molecule has 1 heterocycles. The zero-order valence-corrected chi connectivity index (χ0v) is 9.27. The average molecular weight is 272 g/mol. The molecule has 1 unspecified atom stereocenters. The standard InChI is InChI=1S/C11H7F3N2O3/c12-6-4-8(14)7(13)3-5(6)11(15)9-1-2-10(19-9)16(17)18/h1-4,11H,15H2. The van der Waals surface area contributed by atoms with Crippen molar-refractivity contribution >= 4 is 5.88 Å².